The van der Waals surface area contributed by atoms with E-state index in [1.54, 1.807) is 17.7 Å². The van der Waals surface area contributed by atoms with Crippen LogP contribution < -0.4 is 4.74 Å². The Morgan fingerprint density at radius 3 is 2.69 bits per heavy atom. The molecule has 2 fully saturated rings. The summed E-state index contributed by atoms with van der Waals surface area (Å²) in [6.07, 6.45) is 7.85. The van der Waals surface area contributed by atoms with E-state index in [0.717, 1.165) is 80.6 Å². The highest BCUT2D eigenvalue weighted by atomic mass is 32.1. The van der Waals surface area contributed by atoms with Gasteiger partial charge >= 0.3 is 5.97 Å². The summed E-state index contributed by atoms with van der Waals surface area (Å²) >= 11 is 1.65. The first kappa shape index (κ1) is 21.7. The number of morpholine rings is 1. The van der Waals surface area contributed by atoms with Crippen molar-refractivity contribution < 1.29 is 23.8 Å². The zero-order valence-corrected chi connectivity index (χ0v) is 19.2. The van der Waals surface area contributed by atoms with Gasteiger partial charge in [-0.05, 0) is 50.0 Å². The van der Waals surface area contributed by atoms with Gasteiger partial charge in [-0.15, -0.1) is 11.3 Å². The largest absolute Gasteiger partial charge is 0.474 e. The maximum Gasteiger partial charge on any atom is 0.374 e. The molecule has 32 heavy (non-hydrogen) atoms. The van der Waals surface area contributed by atoms with Crippen LogP contribution >= 0.6 is 11.3 Å². The summed E-state index contributed by atoms with van der Waals surface area (Å²) in [7, 11) is 1.24. The van der Waals surface area contributed by atoms with Gasteiger partial charge in [0.05, 0.1) is 25.7 Å². The summed E-state index contributed by atoms with van der Waals surface area (Å²) in [5.41, 5.74) is 1.10. The van der Waals surface area contributed by atoms with Crippen molar-refractivity contribution in [1.29, 1.82) is 0 Å². The number of Topliss-reactive ketones (excluding diaryl/α,β-unsaturated/α-hetero) is 1. The maximum absolute atomic E-state index is 12.2. The lowest BCUT2D eigenvalue weighted by atomic mass is 9.91. The molecular formula is C23H29N3O5S. The Kier molecular flexibility index (Phi) is 6.39. The number of methoxy groups -OCH3 is 1. The van der Waals surface area contributed by atoms with Gasteiger partial charge < -0.3 is 14.2 Å². The molecule has 2 aliphatic carbocycles. The Balaban J connectivity index is 1.31. The number of aryl methyl sites for hydroxylation is 1. The Hall–Kier alpha value is -2.10. The molecule has 9 heteroatoms. The van der Waals surface area contributed by atoms with E-state index < -0.39 is 11.8 Å². The number of ether oxygens (including phenoxy) is 3. The second-order valence-electron chi connectivity index (χ2n) is 8.85. The number of hydrogen-bond acceptors (Lipinski definition) is 9. The SMILES string of the molecule is COC(=O)C(=O)C[C@H]1CCc2sc3ncnc(O[C@H]4CC[C@H](N5CCOCC5)CC4)c3c21. The van der Waals surface area contributed by atoms with E-state index in [-0.39, 0.29) is 18.4 Å². The van der Waals surface area contributed by atoms with Crippen LogP contribution in [0.25, 0.3) is 10.2 Å². The molecule has 5 rings (SSSR count). The molecule has 1 aliphatic heterocycles. The van der Waals surface area contributed by atoms with E-state index in [2.05, 4.69) is 19.6 Å². The first-order valence-electron chi connectivity index (χ1n) is 11.5. The molecule has 2 aromatic heterocycles. The molecule has 172 valence electrons. The summed E-state index contributed by atoms with van der Waals surface area (Å²) in [5.74, 6) is -0.649. The lowest BCUT2D eigenvalue weighted by molar-refractivity contribution is -0.151. The first-order valence-corrected chi connectivity index (χ1v) is 12.3. The Morgan fingerprint density at radius 1 is 1.16 bits per heavy atom. The van der Waals surface area contributed by atoms with Gasteiger partial charge in [0.15, 0.2) is 0 Å². The third-order valence-electron chi connectivity index (χ3n) is 7.02. The molecule has 0 amide bonds. The van der Waals surface area contributed by atoms with Crippen molar-refractivity contribution in [3.63, 3.8) is 0 Å². The molecule has 0 N–H and O–H groups in total. The molecule has 3 heterocycles. The van der Waals surface area contributed by atoms with Crippen molar-refractivity contribution in [2.45, 2.75) is 63.0 Å². The summed E-state index contributed by atoms with van der Waals surface area (Å²) in [4.78, 5) is 37.5. The molecule has 8 nitrogen and oxygen atoms in total. The third kappa shape index (κ3) is 4.25. The molecule has 0 aromatic carbocycles. The highest BCUT2D eigenvalue weighted by Gasteiger charge is 2.34. The van der Waals surface area contributed by atoms with Crippen molar-refractivity contribution in [1.82, 2.24) is 14.9 Å². The predicted molar refractivity (Wildman–Crippen MR) is 119 cm³/mol. The monoisotopic (exact) mass is 459 g/mol. The van der Waals surface area contributed by atoms with Crippen LogP contribution in [0.15, 0.2) is 6.33 Å². The fourth-order valence-corrected chi connectivity index (χ4v) is 6.61. The Morgan fingerprint density at radius 2 is 1.94 bits per heavy atom. The molecular weight excluding hydrogens is 430 g/mol. The number of carbonyl (C=O) groups is 2. The van der Waals surface area contributed by atoms with Crippen LogP contribution in [0.1, 0.15) is 54.9 Å². The van der Waals surface area contributed by atoms with Crippen LogP contribution in [0.4, 0.5) is 0 Å². The fraction of sp³-hybridized carbons (Fsp3) is 0.652. The molecule has 3 aliphatic rings. The van der Waals surface area contributed by atoms with E-state index >= 15 is 0 Å². The molecule has 1 atom stereocenters. The molecule has 0 bridgehead atoms. The van der Waals surface area contributed by atoms with Gasteiger partial charge in [0, 0.05) is 30.4 Å². The normalized spacial score (nSPS) is 26.1. The molecule has 2 aromatic rings. The first-order chi connectivity index (χ1) is 15.6. The minimum atomic E-state index is -0.775. The van der Waals surface area contributed by atoms with Gasteiger partial charge in [0.1, 0.15) is 17.3 Å². The summed E-state index contributed by atoms with van der Waals surface area (Å²) in [6.45, 7) is 3.71. The van der Waals surface area contributed by atoms with Crippen molar-refractivity contribution >= 4 is 33.3 Å². The number of thiophene rings is 1. The minimum absolute atomic E-state index is 0.0178. The zero-order valence-electron chi connectivity index (χ0n) is 18.4. The number of esters is 1. The minimum Gasteiger partial charge on any atom is -0.474 e. The van der Waals surface area contributed by atoms with Gasteiger partial charge in [-0.25, -0.2) is 14.8 Å². The van der Waals surface area contributed by atoms with Gasteiger partial charge in [0.25, 0.3) is 0 Å². The number of ketones is 1. The average Bonchev–Trinajstić information content (AvgIpc) is 3.39. The Bertz CT molecular complexity index is 995. The van der Waals surface area contributed by atoms with Gasteiger partial charge in [-0.1, -0.05) is 0 Å². The number of nitrogens with zero attached hydrogens (tertiary/aromatic N) is 3. The van der Waals surface area contributed by atoms with Crippen molar-refractivity contribution in [3.05, 3.63) is 16.8 Å². The lowest BCUT2D eigenvalue weighted by Crippen LogP contribution is -2.46. The summed E-state index contributed by atoms with van der Waals surface area (Å²) in [5, 5.41) is 0.933. The third-order valence-corrected chi connectivity index (χ3v) is 8.20. The van der Waals surface area contributed by atoms with Crippen LogP contribution in [-0.2, 0) is 25.5 Å². The second kappa shape index (κ2) is 9.41. The fourth-order valence-electron chi connectivity index (χ4n) is 5.38. The predicted octanol–water partition coefficient (Wildman–Crippen LogP) is 2.88. The van der Waals surface area contributed by atoms with Crippen LogP contribution in [0, 0.1) is 0 Å². The van der Waals surface area contributed by atoms with Crippen LogP contribution in [0.3, 0.4) is 0 Å². The van der Waals surface area contributed by atoms with Gasteiger partial charge in [-0.3, -0.25) is 9.69 Å². The van der Waals surface area contributed by atoms with E-state index in [0.29, 0.717) is 11.9 Å². The Labute approximate surface area is 191 Å². The van der Waals surface area contributed by atoms with Crippen molar-refractivity contribution in [3.8, 4) is 5.88 Å². The van der Waals surface area contributed by atoms with E-state index in [1.807, 2.05) is 0 Å². The standard InChI is InChI=1S/C23H29N3O5S/c1-29-23(28)17(27)12-14-2-7-18-19(14)20-21(24-13-25-22(20)32-18)31-16-5-3-15(4-6-16)26-8-10-30-11-9-26/h13-16H,2-12H2,1H3/t14-,15-,16-/m1/s1. The van der Waals surface area contributed by atoms with E-state index in [9.17, 15) is 9.59 Å². The van der Waals surface area contributed by atoms with E-state index in [4.69, 9.17) is 9.47 Å². The number of rotatable bonds is 6. The van der Waals surface area contributed by atoms with Crippen molar-refractivity contribution in [2.24, 2.45) is 0 Å². The lowest BCUT2D eigenvalue weighted by Gasteiger charge is -2.38. The number of aromatic nitrogens is 2. The quantitative estimate of drug-likeness (QED) is 0.481. The maximum atomic E-state index is 12.2. The summed E-state index contributed by atoms with van der Waals surface area (Å²) in [6, 6.07) is 0.614. The average molecular weight is 460 g/mol. The topological polar surface area (TPSA) is 90.9 Å². The number of hydrogen-bond donors (Lipinski definition) is 0. The van der Waals surface area contributed by atoms with Crippen LogP contribution in [-0.4, -0.2) is 72.2 Å². The number of fused-ring (bicyclic) bond motifs is 3. The highest BCUT2D eigenvalue weighted by molar-refractivity contribution is 7.19. The van der Waals surface area contributed by atoms with Gasteiger partial charge in [-0.2, -0.15) is 0 Å². The molecule has 1 saturated carbocycles. The van der Waals surface area contributed by atoms with E-state index in [1.165, 1.54) is 12.0 Å². The van der Waals surface area contributed by atoms with Gasteiger partial charge in [0.2, 0.25) is 11.7 Å². The highest BCUT2D eigenvalue weighted by Crippen LogP contribution is 2.47. The smallest absolute Gasteiger partial charge is 0.374 e. The molecule has 0 spiro atoms. The molecule has 1 saturated heterocycles. The summed E-state index contributed by atoms with van der Waals surface area (Å²) < 4.78 is 16.5. The van der Waals surface area contributed by atoms with Crippen LogP contribution in [0.2, 0.25) is 0 Å². The molecule has 0 radical (unpaired) electrons. The zero-order chi connectivity index (χ0) is 22.1. The second-order valence-corrected chi connectivity index (χ2v) is 9.93. The molecule has 0 unspecified atom stereocenters. The number of carbonyl (C=O) groups excluding carboxylic acids is 2. The van der Waals surface area contributed by atoms with Crippen LogP contribution in [0.5, 0.6) is 5.88 Å². The van der Waals surface area contributed by atoms with Crippen molar-refractivity contribution in [2.75, 3.05) is 33.4 Å².